The van der Waals surface area contributed by atoms with Crippen LogP contribution in [0.5, 0.6) is 0 Å². The number of carbonyl (C=O) groups is 1. The topological polar surface area (TPSA) is 123 Å². The lowest BCUT2D eigenvalue weighted by Gasteiger charge is -2.37. The Morgan fingerprint density at radius 2 is 2.03 bits per heavy atom. The maximum absolute atomic E-state index is 12.6. The third-order valence-electron chi connectivity index (χ3n) is 4.47. The minimum Gasteiger partial charge on any atom is -0.466 e. The molecule has 0 saturated carbocycles. The lowest BCUT2D eigenvalue weighted by atomic mass is 9.79. The first kappa shape index (κ1) is 23.3. The first-order valence-electron chi connectivity index (χ1n) is 9.19. The molecule has 9 heteroatoms. The number of aliphatic hydroxyl groups is 2. The van der Waals surface area contributed by atoms with Gasteiger partial charge in [0.2, 0.25) is 0 Å². The fourth-order valence-electron chi connectivity index (χ4n) is 3.33. The van der Waals surface area contributed by atoms with Gasteiger partial charge in [-0.05, 0) is 25.5 Å². The summed E-state index contributed by atoms with van der Waals surface area (Å²) in [5.41, 5.74) is 6.98. The Hall–Kier alpha value is -1.94. The van der Waals surface area contributed by atoms with Crippen molar-refractivity contribution in [3.05, 3.63) is 57.4 Å². The Kier molecular flexibility index (Phi) is 8.21. The monoisotopic (exact) mass is 426 g/mol. The van der Waals surface area contributed by atoms with Crippen LogP contribution in [0.3, 0.4) is 0 Å². The molecule has 0 spiro atoms. The predicted molar refractivity (Wildman–Crippen MR) is 108 cm³/mol. The zero-order valence-corrected chi connectivity index (χ0v) is 17.5. The van der Waals surface area contributed by atoms with Crippen molar-refractivity contribution in [2.75, 3.05) is 33.5 Å². The first-order valence-corrected chi connectivity index (χ1v) is 9.56. The summed E-state index contributed by atoms with van der Waals surface area (Å²) >= 11 is 6.42. The standard InChI is InChI=1S/C20H27ClN2O6/c1-4-29-20(25,26)18-15(11-28-10-9-22)23-12(2)16(19(24)27-3)17(18)13-7-5-6-8-14(13)21/h5-8,17,23,25-26H,4,9-11,22H2,1-3H3. The minimum atomic E-state index is -2.69. The van der Waals surface area contributed by atoms with Crippen LogP contribution in [0, 0.1) is 0 Å². The second kappa shape index (κ2) is 10.2. The van der Waals surface area contributed by atoms with E-state index in [0.717, 1.165) is 0 Å². The minimum absolute atomic E-state index is 0.00419. The number of rotatable bonds is 9. The van der Waals surface area contributed by atoms with Crippen LogP contribution in [0.1, 0.15) is 25.3 Å². The molecule has 1 unspecified atom stereocenters. The summed E-state index contributed by atoms with van der Waals surface area (Å²) < 4.78 is 15.7. The van der Waals surface area contributed by atoms with Gasteiger partial charge in [-0.2, -0.15) is 0 Å². The normalized spacial score (nSPS) is 17.4. The number of nitrogens with one attached hydrogen (secondary N) is 1. The molecular weight excluding hydrogens is 400 g/mol. The number of benzene rings is 1. The Bertz CT molecular complexity index is 806. The van der Waals surface area contributed by atoms with Crippen molar-refractivity contribution in [1.82, 2.24) is 5.32 Å². The Morgan fingerprint density at radius 3 is 2.62 bits per heavy atom. The van der Waals surface area contributed by atoms with E-state index in [1.165, 1.54) is 7.11 Å². The molecule has 0 bridgehead atoms. The van der Waals surface area contributed by atoms with Crippen LogP contribution in [-0.4, -0.2) is 55.6 Å². The van der Waals surface area contributed by atoms with Crippen LogP contribution in [0.15, 0.2) is 46.8 Å². The van der Waals surface area contributed by atoms with E-state index >= 15 is 0 Å². The molecule has 0 saturated heterocycles. The average molecular weight is 427 g/mol. The fourth-order valence-corrected chi connectivity index (χ4v) is 3.58. The maximum atomic E-state index is 12.6. The second-order valence-corrected chi connectivity index (χ2v) is 6.79. The van der Waals surface area contributed by atoms with Gasteiger partial charge in [0.15, 0.2) is 0 Å². The smallest absolute Gasteiger partial charge is 0.336 e. The van der Waals surface area contributed by atoms with Gasteiger partial charge in [0.1, 0.15) is 0 Å². The van der Waals surface area contributed by atoms with E-state index in [1.807, 2.05) is 0 Å². The van der Waals surface area contributed by atoms with E-state index in [4.69, 9.17) is 31.5 Å². The van der Waals surface area contributed by atoms with E-state index in [0.29, 0.717) is 28.5 Å². The number of allylic oxidation sites excluding steroid dienone is 1. The third-order valence-corrected chi connectivity index (χ3v) is 4.82. The molecule has 0 fully saturated rings. The van der Waals surface area contributed by atoms with Gasteiger partial charge in [0, 0.05) is 29.6 Å². The second-order valence-electron chi connectivity index (χ2n) is 6.38. The molecule has 1 aromatic carbocycles. The summed E-state index contributed by atoms with van der Waals surface area (Å²) in [6.45, 7) is 3.88. The Labute approximate surface area is 174 Å². The Morgan fingerprint density at radius 1 is 1.34 bits per heavy atom. The van der Waals surface area contributed by atoms with E-state index in [9.17, 15) is 15.0 Å². The average Bonchev–Trinajstić information content (AvgIpc) is 2.67. The van der Waals surface area contributed by atoms with E-state index in [1.54, 1.807) is 38.1 Å². The largest absolute Gasteiger partial charge is 0.466 e. The lowest BCUT2D eigenvalue weighted by Crippen LogP contribution is -2.44. The summed E-state index contributed by atoms with van der Waals surface area (Å²) in [5.74, 6) is -4.26. The van der Waals surface area contributed by atoms with E-state index in [-0.39, 0.29) is 31.0 Å². The van der Waals surface area contributed by atoms with Crippen LogP contribution < -0.4 is 11.1 Å². The summed E-state index contributed by atoms with van der Waals surface area (Å²) in [4.78, 5) is 12.6. The molecule has 160 valence electrons. The maximum Gasteiger partial charge on any atom is 0.336 e. The Balaban J connectivity index is 2.74. The molecule has 29 heavy (non-hydrogen) atoms. The van der Waals surface area contributed by atoms with Gasteiger partial charge < -0.3 is 35.5 Å². The third kappa shape index (κ3) is 5.16. The van der Waals surface area contributed by atoms with Gasteiger partial charge in [-0.1, -0.05) is 29.8 Å². The molecule has 0 radical (unpaired) electrons. The van der Waals surface area contributed by atoms with Crippen molar-refractivity contribution >= 4 is 17.6 Å². The lowest BCUT2D eigenvalue weighted by molar-refractivity contribution is -0.311. The summed E-state index contributed by atoms with van der Waals surface area (Å²) in [6, 6.07) is 6.84. The number of carbonyl (C=O) groups excluding carboxylic acids is 1. The van der Waals surface area contributed by atoms with Crippen molar-refractivity contribution in [3.63, 3.8) is 0 Å². The highest BCUT2D eigenvalue weighted by Gasteiger charge is 2.45. The zero-order valence-electron chi connectivity index (χ0n) is 16.7. The zero-order chi connectivity index (χ0) is 21.6. The number of halogens is 1. The number of ether oxygens (including phenoxy) is 3. The van der Waals surface area contributed by atoms with Crippen molar-refractivity contribution in [3.8, 4) is 0 Å². The first-order chi connectivity index (χ1) is 13.8. The van der Waals surface area contributed by atoms with Crippen molar-refractivity contribution < 1.29 is 29.2 Å². The van der Waals surface area contributed by atoms with Gasteiger partial charge in [0.25, 0.3) is 0 Å². The van der Waals surface area contributed by atoms with Gasteiger partial charge in [0.05, 0.1) is 37.4 Å². The molecular formula is C20H27ClN2O6. The van der Waals surface area contributed by atoms with Crippen molar-refractivity contribution in [2.45, 2.75) is 25.7 Å². The highest BCUT2D eigenvalue weighted by molar-refractivity contribution is 6.31. The van der Waals surface area contributed by atoms with E-state index in [2.05, 4.69) is 5.32 Å². The van der Waals surface area contributed by atoms with Gasteiger partial charge >= 0.3 is 11.9 Å². The predicted octanol–water partition coefficient (Wildman–Crippen LogP) is 1.38. The van der Waals surface area contributed by atoms with Crippen molar-refractivity contribution in [1.29, 1.82) is 0 Å². The molecule has 1 aliphatic rings. The SMILES string of the molecule is CCOC(O)(O)C1=C(COCCN)NC(C)=C(C(=O)OC)C1c1ccccc1Cl. The van der Waals surface area contributed by atoms with Crippen LogP contribution in [0.4, 0.5) is 0 Å². The number of methoxy groups -OCH3 is 1. The molecule has 0 aromatic heterocycles. The highest BCUT2D eigenvalue weighted by atomic mass is 35.5. The summed E-state index contributed by atoms with van der Waals surface area (Å²) in [7, 11) is 1.25. The molecule has 2 rings (SSSR count). The van der Waals surface area contributed by atoms with Crippen LogP contribution in [0.2, 0.25) is 5.02 Å². The molecule has 1 aromatic rings. The number of esters is 1. The summed E-state index contributed by atoms with van der Waals surface area (Å²) in [6.07, 6.45) is 0. The highest BCUT2D eigenvalue weighted by Crippen LogP contribution is 2.45. The van der Waals surface area contributed by atoms with Crippen LogP contribution in [0.25, 0.3) is 0 Å². The molecule has 5 N–H and O–H groups in total. The fraction of sp³-hybridized carbons (Fsp3) is 0.450. The van der Waals surface area contributed by atoms with E-state index < -0.39 is 17.9 Å². The van der Waals surface area contributed by atoms with Gasteiger partial charge in [-0.15, -0.1) is 0 Å². The number of dihydropyridines is 1. The molecule has 8 nitrogen and oxygen atoms in total. The molecule has 1 atom stereocenters. The van der Waals surface area contributed by atoms with Crippen LogP contribution in [-0.2, 0) is 19.0 Å². The summed E-state index contributed by atoms with van der Waals surface area (Å²) in [5, 5.41) is 24.9. The molecule has 1 heterocycles. The van der Waals surface area contributed by atoms with Crippen molar-refractivity contribution in [2.24, 2.45) is 5.73 Å². The quantitative estimate of drug-likeness (QED) is 0.265. The number of hydrogen-bond acceptors (Lipinski definition) is 8. The van der Waals surface area contributed by atoms with Gasteiger partial charge in [-0.25, -0.2) is 4.79 Å². The number of hydrogen-bond donors (Lipinski definition) is 4. The molecule has 1 aliphatic heterocycles. The molecule has 0 amide bonds. The van der Waals surface area contributed by atoms with Crippen LogP contribution >= 0.6 is 11.6 Å². The van der Waals surface area contributed by atoms with Gasteiger partial charge in [-0.3, -0.25) is 0 Å². The molecule has 0 aliphatic carbocycles. The number of nitrogens with two attached hydrogens (primary N) is 1.